The molecule has 2 aromatic rings. The highest BCUT2D eigenvalue weighted by Gasteiger charge is 2.17. The number of hydrogen-bond donors (Lipinski definition) is 1. The number of amides is 1. The average Bonchev–Trinajstić information content (AvgIpc) is 2.63. The van der Waals surface area contributed by atoms with Crippen molar-refractivity contribution in [1.29, 1.82) is 0 Å². The molecule has 1 aliphatic rings. The molecule has 106 valence electrons. The van der Waals surface area contributed by atoms with Gasteiger partial charge in [-0.25, -0.2) is 10.5 Å². The fourth-order valence-corrected chi connectivity index (χ4v) is 3.31. The number of rotatable bonds is 2. The smallest absolute Gasteiger partial charge is 0.274 e. The van der Waals surface area contributed by atoms with Gasteiger partial charge in [-0.2, -0.15) is 0 Å². The lowest BCUT2D eigenvalue weighted by molar-refractivity contribution is 0.0537. The van der Waals surface area contributed by atoms with Crippen molar-refractivity contribution in [3.63, 3.8) is 0 Å². The van der Waals surface area contributed by atoms with E-state index in [4.69, 9.17) is 11.6 Å². The molecule has 2 aromatic carbocycles. The van der Waals surface area contributed by atoms with Crippen LogP contribution >= 0.6 is 23.4 Å². The Kier molecular flexibility index (Phi) is 3.96. The van der Waals surface area contributed by atoms with Crippen molar-refractivity contribution in [2.45, 2.75) is 9.79 Å². The summed E-state index contributed by atoms with van der Waals surface area (Å²) in [6.07, 6.45) is 0. The molecule has 1 aliphatic heterocycles. The number of nitrogens with one attached hydrogen (secondary N) is 1. The standard InChI is InChI=1S/C15H11ClN2O2S/c1-20-18-15(19)9-6-7-13-11(8-9)17-14(16)10-4-2-3-5-12(10)21-13/h2-8H,1H3,(H,18,19). The summed E-state index contributed by atoms with van der Waals surface area (Å²) in [7, 11) is 1.39. The number of fused-ring (bicyclic) bond motifs is 2. The molecule has 0 aliphatic carbocycles. The predicted molar refractivity (Wildman–Crippen MR) is 83.5 cm³/mol. The van der Waals surface area contributed by atoms with Gasteiger partial charge in [0.15, 0.2) is 0 Å². The van der Waals surface area contributed by atoms with Crippen molar-refractivity contribution in [2.24, 2.45) is 4.99 Å². The second-order valence-corrected chi connectivity index (χ2v) is 5.76. The Morgan fingerprint density at radius 3 is 2.86 bits per heavy atom. The van der Waals surface area contributed by atoms with Crippen molar-refractivity contribution in [3.05, 3.63) is 53.6 Å². The Balaban J connectivity index is 2.06. The first-order valence-electron chi connectivity index (χ1n) is 6.18. The van der Waals surface area contributed by atoms with Gasteiger partial charge in [0.25, 0.3) is 5.91 Å². The van der Waals surface area contributed by atoms with Gasteiger partial charge in [0.1, 0.15) is 5.17 Å². The monoisotopic (exact) mass is 318 g/mol. The molecule has 0 unspecified atom stereocenters. The lowest BCUT2D eigenvalue weighted by Gasteiger charge is -2.06. The topological polar surface area (TPSA) is 50.7 Å². The number of halogens is 1. The number of aliphatic imine (C=N–C) groups is 1. The maximum absolute atomic E-state index is 11.8. The zero-order chi connectivity index (χ0) is 14.8. The van der Waals surface area contributed by atoms with Crippen molar-refractivity contribution < 1.29 is 9.63 Å². The molecule has 1 amide bonds. The molecule has 0 radical (unpaired) electrons. The van der Waals surface area contributed by atoms with Gasteiger partial charge in [-0.05, 0) is 24.3 Å². The highest BCUT2D eigenvalue weighted by Crippen LogP contribution is 2.41. The zero-order valence-electron chi connectivity index (χ0n) is 11.1. The number of hydrogen-bond acceptors (Lipinski definition) is 4. The van der Waals surface area contributed by atoms with E-state index in [1.807, 2.05) is 30.3 Å². The number of carbonyl (C=O) groups excluding carboxylic acids is 1. The molecule has 3 rings (SSSR count). The van der Waals surface area contributed by atoms with Crippen LogP contribution in [0.1, 0.15) is 15.9 Å². The highest BCUT2D eigenvalue weighted by molar-refractivity contribution is 7.99. The maximum atomic E-state index is 11.8. The molecule has 0 saturated carbocycles. The summed E-state index contributed by atoms with van der Waals surface area (Å²) in [6, 6.07) is 13.1. The van der Waals surface area contributed by atoms with Gasteiger partial charge >= 0.3 is 0 Å². The fourth-order valence-electron chi connectivity index (χ4n) is 1.99. The third-order valence-corrected chi connectivity index (χ3v) is 4.39. The average molecular weight is 319 g/mol. The molecule has 4 nitrogen and oxygen atoms in total. The Hall–Kier alpha value is -1.82. The Morgan fingerprint density at radius 2 is 2.05 bits per heavy atom. The molecule has 6 heteroatoms. The van der Waals surface area contributed by atoms with Gasteiger partial charge in [-0.3, -0.25) is 9.63 Å². The van der Waals surface area contributed by atoms with E-state index in [2.05, 4.69) is 15.3 Å². The molecule has 0 fully saturated rings. The molecule has 1 N–H and O–H groups in total. The summed E-state index contributed by atoms with van der Waals surface area (Å²) in [6.45, 7) is 0. The molecule has 0 saturated heterocycles. The van der Waals surface area contributed by atoms with Crippen molar-refractivity contribution >= 4 is 40.1 Å². The van der Waals surface area contributed by atoms with Crippen LogP contribution < -0.4 is 5.48 Å². The van der Waals surface area contributed by atoms with Crippen LogP contribution in [-0.2, 0) is 4.84 Å². The number of nitrogens with zero attached hydrogens (tertiary/aromatic N) is 1. The summed E-state index contributed by atoms with van der Waals surface area (Å²) in [5, 5.41) is 0.418. The number of hydroxylamine groups is 1. The van der Waals surface area contributed by atoms with E-state index in [1.165, 1.54) is 7.11 Å². The van der Waals surface area contributed by atoms with Crippen LogP contribution in [0.15, 0.2) is 57.2 Å². The van der Waals surface area contributed by atoms with Crippen LogP contribution in [0.5, 0.6) is 0 Å². The Bertz CT molecular complexity index is 746. The minimum atomic E-state index is -0.321. The summed E-state index contributed by atoms with van der Waals surface area (Å²) < 4.78 is 0. The zero-order valence-corrected chi connectivity index (χ0v) is 12.7. The van der Waals surface area contributed by atoms with E-state index in [0.29, 0.717) is 16.4 Å². The van der Waals surface area contributed by atoms with Crippen LogP contribution in [0.25, 0.3) is 0 Å². The van der Waals surface area contributed by atoms with Crippen molar-refractivity contribution in [2.75, 3.05) is 7.11 Å². The molecule has 0 atom stereocenters. The van der Waals surface area contributed by atoms with Crippen LogP contribution in [0.3, 0.4) is 0 Å². The van der Waals surface area contributed by atoms with E-state index in [9.17, 15) is 4.79 Å². The SMILES string of the molecule is CONC(=O)c1ccc2c(c1)N=C(Cl)c1ccccc1S2. The fraction of sp³-hybridized carbons (Fsp3) is 0.0667. The molecule has 1 heterocycles. The van der Waals surface area contributed by atoms with Crippen molar-refractivity contribution in [1.82, 2.24) is 5.48 Å². The molecule has 0 spiro atoms. The normalized spacial score (nSPS) is 12.8. The van der Waals surface area contributed by atoms with Gasteiger partial charge in [0, 0.05) is 20.9 Å². The second kappa shape index (κ2) is 5.89. The summed E-state index contributed by atoms with van der Waals surface area (Å²) in [5.74, 6) is -0.321. The quantitative estimate of drug-likeness (QED) is 0.858. The van der Waals surface area contributed by atoms with Crippen LogP contribution in [0.2, 0.25) is 0 Å². The lowest BCUT2D eigenvalue weighted by atomic mass is 10.2. The first-order valence-corrected chi connectivity index (χ1v) is 7.37. The highest BCUT2D eigenvalue weighted by atomic mass is 35.5. The van der Waals surface area contributed by atoms with E-state index in [1.54, 1.807) is 23.9 Å². The first kappa shape index (κ1) is 14.1. The maximum Gasteiger partial charge on any atom is 0.274 e. The third-order valence-electron chi connectivity index (χ3n) is 2.96. The van der Waals surface area contributed by atoms with E-state index in [-0.39, 0.29) is 5.91 Å². The summed E-state index contributed by atoms with van der Waals surface area (Å²) in [5.41, 5.74) is 4.32. The van der Waals surface area contributed by atoms with Crippen LogP contribution in [0, 0.1) is 0 Å². The van der Waals surface area contributed by atoms with E-state index in [0.717, 1.165) is 15.4 Å². The molecule has 0 bridgehead atoms. The predicted octanol–water partition coefficient (Wildman–Crippen LogP) is 3.76. The Morgan fingerprint density at radius 1 is 1.24 bits per heavy atom. The van der Waals surface area contributed by atoms with Gasteiger partial charge in [0.05, 0.1) is 12.8 Å². The van der Waals surface area contributed by atoms with Gasteiger partial charge < -0.3 is 0 Å². The second-order valence-electron chi connectivity index (χ2n) is 4.32. The van der Waals surface area contributed by atoms with Gasteiger partial charge in [-0.15, -0.1) is 0 Å². The third kappa shape index (κ3) is 2.81. The van der Waals surface area contributed by atoms with E-state index < -0.39 is 0 Å². The minimum absolute atomic E-state index is 0.321. The van der Waals surface area contributed by atoms with E-state index >= 15 is 0 Å². The molecule has 0 aromatic heterocycles. The molecule has 21 heavy (non-hydrogen) atoms. The molecular weight excluding hydrogens is 308 g/mol. The first-order chi connectivity index (χ1) is 10.2. The molecular formula is C15H11ClN2O2S. The largest absolute Gasteiger partial charge is 0.277 e. The number of carbonyl (C=O) groups is 1. The van der Waals surface area contributed by atoms with Crippen LogP contribution in [-0.4, -0.2) is 18.2 Å². The van der Waals surface area contributed by atoms with Crippen LogP contribution in [0.4, 0.5) is 5.69 Å². The summed E-state index contributed by atoms with van der Waals surface area (Å²) >= 11 is 7.86. The van der Waals surface area contributed by atoms with Gasteiger partial charge in [0.2, 0.25) is 0 Å². The Labute approximate surface area is 131 Å². The van der Waals surface area contributed by atoms with Gasteiger partial charge in [-0.1, -0.05) is 41.6 Å². The minimum Gasteiger partial charge on any atom is -0.277 e. The summed E-state index contributed by atoms with van der Waals surface area (Å²) in [4.78, 5) is 22.8. The lowest BCUT2D eigenvalue weighted by Crippen LogP contribution is -2.21. The number of benzene rings is 2. The van der Waals surface area contributed by atoms with Crippen molar-refractivity contribution in [3.8, 4) is 0 Å².